The van der Waals surface area contributed by atoms with Crippen LogP contribution in [0.25, 0.3) is 0 Å². The maximum atomic E-state index is 12.4. The lowest BCUT2D eigenvalue weighted by molar-refractivity contribution is -0.125. The molecule has 0 bridgehead atoms. The maximum absolute atomic E-state index is 12.4. The molecule has 0 aromatic rings. The van der Waals surface area contributed by atoms with Crippen molar-refractivity contribution in [3.63, 3.8) is 0 Å². The molecule has 1 atom stereocenters. The summed E-state index contributed by atoms with van der Waals surface area (Å²) in [5, 5.41) is 3.02. The molecule has 0 aromatic carbocycles. The van der Waals surface area contributed by atoms with Crippen molar-refractivity contribution in [3.8, 4) is 0 Å². The molecule has 122 valence electrons. The molecule has 1 unspecified atom stereocenters. The van der Waals surface area contributed by atoms with Gasteiger partial charge in [0.15, 0.2) is 0 Å². The van der Waals surface area contributed by atoms with Gasteiger partial charge in [-0.3, -0.25) is 4.79 Å². The minimum atomic E-state index is -3.30. The van der Waals surface area contributed by atoms with E-state index in [-0.39, 0.29) is 23.7 Å². The minimum absolute atomic E-state index is 0.120. The van der Waals surface area contributed by atoms with E-state index >= 15 is 0 Å². The van der Waals surface area contributed by atoms with E-state index in [0.29, 0.717) is 19.4 Å². The van der Waals surface area contributed by atoms with Crippen LogP contribution in [0.4, 0.5) is 0 Å². The zero-order chi connectivity index (χ0) is 15.5. The van der Waals surface area contributed by atoms with E-state index in [1.54, 1.807) is 0 Å². The quantitative estimate of drug-likeness (QED) is 0.775. The third-order valence-corrected chi connectivity index (χ3v) is 6.52. The molecular formula is C14H27N3O3S. The Morgan fingerprint density at radius 1 is 1.24 bits per heavy atom. The molecule has 2 aliphatic rings. The third kappa shape index (κ3) is 4.17. The molecule has 3 N–H and O–H groups in total. The largest absolute Gasteiger partial charge is 0.352 e. The van der Waals surface area contributed by atoms with Crippen LogP contribution in [-0.4, -0.2) is 49.1 Å². The first-order valence-corrected chi connectivity index (χ1v) is 9.60. The van der Waals surface area contributed by atoms with Crippen molar-refractivity contribution in [1.82, 2.24) is 9.62 Å². The van der Waals surface area contributed by atoms with Crippen LogP contribution in [0.3, 0.4) is 0 Å². The average molecular weight is 317 g/mol. The number of nitrogens with zero attached hydrogens (tertiary/aromatic N) is 1. The van der Waals surface area contributed by atoms with Crippen LogP contribution >= 0.6 is 0 Å². The summed E-state index contributed by atoms with van der Waals surface area (Å²) in [6.07, 6.45) is 5.59. The fraction of sp³-hybridized carbons (Fsp3) is 0.929. The fourth-order valence-corrected chi connectivity index (χ4v) is 5.02. The molecule has 2 rings (SSSR count). The first-order valence-electron chi connectivity index (χ1n) is 7.99. The normalized spacial score (nSPS) is 31.2. The van der Waals surface area contributed by atoms with Crippen molar-refractivity contribution in [2.45, 2.75) is 70.0 Å². The molecule has 0 aromatic heterocycles. The second-order valence-corrected chi connectivity index (χ2v) is 8.25. The first-order chi connectivity index (χ1) is 9.94. The lowest BCUT2D eigenvalue weighted by Gasteiger charge is -2.29. The van der Waals surface area contributed by atoms with Gasteiger partial charge in [-0.15, -0.1) is 0 Å². The van der Waals surface area contributed by atoms with Crippen LogP contribution in [0.2, 0.25) is 0 Å². The highest BCUT2D eigenvalue weighted by Gasteiger charge is 2.38. The third-order valence-electron chi connectivity index (χ3n) is 4.44. The fourth-order valence-electron chi connectivity index (χ4n) is 3.27. The summed E-state index contributed by atoms with van der Waals surface area (Å²) in [6, 6.07) is -0.128. The maximum Gasteiger partial charge on any atom is 0.238 e. The SMILES string of the molecule is CCCS(=O)(=O)N1CCCC1C(=O)NC1CCC(N)CC1. The zero-order valence-electron chi connectivity index (χ0n) is 12.8. The van der Waals surface area contributed by atoms with Gasteiger partial charge in [-0.25, -0.2) is 8.42 Å². The van der Waals surface area contributed by atoms with Crippen molar-refractivity contribution in [2.75, 3.05) is 12.3 Å². The predicted molar refractivity (Wildman–Crippen MR) is 82.2 cm³/mol. The molecule has 1 aliphatic carbocycles. The number of rotatable bonds is 5. The Hall–Kier alpha value is -0.660. The summed E-state index contributed by atoms with van der Waals surface area (Å²) in [7, 11) is -3.30. The van der Waals surface area contributed by atoms with Gasteiger partial charge in [0.25, 0.3) is 0 Å². The van der Waals surface area contributed by atoms with Crippen molar-refractivity contribution >= 4 is 15.9 Å². The van der Waals surface area contributed by atoms with Crippen LogP contribution in [-0.2, 0) is 14.8 Å². The van der Waals surface area contributed by atoms with E-state index in [4.69, 9.17) is 5.73 Å². The molecular weight excluding hydrogens is 290 g/mol. The van der Waals surface area contributed by atoms with Crippen LogP contribution in [0.1, 0.15) is 51.9 Å². The Kier molecular flexibility index (Phi) is 5.62. The zero-order valence-corrected chi connectivity index (χ0v) is 13.6. The first kappa shape index (κ1) is 16.7. The molecule has 1 saturated carbocycles. The topological polar surface area (TPSA) is 92.5 Å². The van der Waals surface area contributed by atoms with Crippen LogP contribution in [0, 0.1) is 0 Å². The molecule has 1 aliphatic heterocycles. The number of hydrogen-bond acceptors (Lipinski definition) is 4. The number of nitrogens with two attached hydrogens (primary N) is 1. The van der Waals surface area contributed by atoms with Gasteiger partial charge in [-0.05, 0) is 44.9 Å². The lowest BCUT2D eigenvalue weighted by Crippen LogP contribution is -2.50. The summed E-state index contributed by atoms with van der Waals surface area (Å²) in [5.41, 5.74) is 5.86. The second-order valence-electron chi connectivity index (χ2n) is 6.21. The van der Waals surface area contributed by atoms with E-state index in [1.807, 2.05) is 6.92 Å². The molecule has 0 spiro atoms. The standard InChI is InChI=1S/C14H27N3O3S/c1-2-10-21(19,20)17-9-3-4-13(17)14(18)16-12-7-5-11(15)6-8-12/h11-13H,2-10,15H2,1H3,(H,16,18). The lowest BCUT2D eigenvalue weighted by atomic mass is 9.91. The highest BCUT2D eigenvalue weighted by Crippen LogP contribution is 2.23. The van der Waals surface area contributed by atoms with Gasteiger partial charge in [-0.2, -0.15) is 4.31 Å². The molecule has 21 heavy (non-hydrogen) atoms. The Labute approximate surface area is 127 Å². The van der Waals surface area contributed by atoms with Gasteiger partial charge in [0.05, 0.1) is 5.75 Å². The van der Waals surface area contributed by atoms with Crippen molar-refractivity contribution in [1.29, 1.82) is 0 Å². The minimum Gasteiger partial charge on any atom is -0.352 e. The van der Waals surface area contributed by atoms with Gasteiger partial charge in [0.2, 0.25) is 15.9 Å². The summed E-state index contributed by atoms with van der Waals surface area (Å²) in [6.45, 7) is 2.31. The smallest absolute Gasteiger partial charge is 0.238 e. The predicted octanol–water partition coefficient (Wildman–Crippen LogP) is 0.577. The number of nitrogens with one attached hydrogen (secondary N) is 1. The molecule has 7 heteroatoms. The Balaban J connectivity index is 1.95. The van der Waals surface area contributed by atoms with Crippen LogP contribution < -0.4 is 11.1 Å². The molecule has 1 saturated heterocycles. The summed E-state index contributed by atoms with van der Waals surface area (Å²) >= 11 is 0. The summed E-state index contributed by atoms with van der Waals surface area (Å²) < 4.78 is 25.8. The second kappa shape index (κ2) is 7.07. The van der Waals surface area contributed by atoms with E-state index in [2.05, 4.69) is 5.32 Å². The Bertz CT molecular complexity index is 458. The molecule has 1 amide bonds. The number of amides is 1. The van der Waals surface area contributed by atoms with Crippen LogP contribution in [0.15, 0.2) is 0 Å². The Morgan fingerprint density at radius 2 is 1.90 bits per heavy atom. The van der Waals surface area contributed by atoms with Gasteiger partial charge >= 0.3 is 0 Å². The van der Waals surface area contributed by atoms with Crippen molar-refractivity contribution in [2.24, 2.45) is 5.73 Å². The van der Waals surface area contributed by atoms with Crippen LogP contribution in [0.5, 0.6) is 0 Å². The van der Waals surface area contributed by atoms with Gasteiger partial charge in [-0.1, -0.05) is 6.92 Å². The highest BCUT2D eigenvalue weighted by atomic mass is 32.2. The van der Waals surface area contributed by atoms with Gasteiger partial charge in [0.1, 0.15) is 6.04 Å². The highest BCUT2D eigenvalue weighted by molar-refractivity contribution is 7.89. The number of hydrogen-bond donors (Lipinski definition) is 2. The van der Waals surface area contributed by atoms with Crippen molar-refractivity contribution in [3.05, 3.63) is 0 Å². The number of carbonyl (C=O) groups excluding carboxylic acids is 1. The van der Waals surface area contributed by atoms with E-state index in [9.17, 15) is 13.2 Å². The molecule has 1 heterocycles. The number of sulfonamides is 1. The summed E-state index contributed by atoms with van der Waals surface area (Å²) in [5.74, 6) is -0.0117. The molecule has 6 nitrogen and oxygen atoms in total. The molecule has 2 fully saturated rings. The van der Waals surface area contributed by atoms with Gasteiger partial charge < -0.3 is 11.1 Å². The van der Waals surface area contributed by atoms with Gasteiger partial charge in [0, 0.05) is 18.6 Å². The van der Waals surface area contributed by atoms with Crippen molar-refractivity contribution < 1.29 is 13.2 Å². The van der Waals surface area contributed by atoms with E-state index < -0.39 is 16.1 Å². The molecule has 0 radical (unpaired) electrons. The summed E-state index contributed by atoms with van der Waals surface area (Å²) in [4.78, 5) is 12.4. The average Bonchev–Trinajstić information content (AvgIpc) is 2.91. The Morgan fingerprint density at radius 3 is 2.52 bits per heavy atom. The van der Waals surface area contributed by atoms with E-state index in [0.717, 1.165) is 32.1 Å². The van der Waals surface area contributed by atoms with E-state index in [1.165, 1.54) is 4.31 Å². The number of carbonyl (C=O) groups is 1. The monoisotopic (exact) mass is 317 g/mol.